The molecule has 0 fully saturated rings. The highest BCUT2D eigenvalue weighted by atomic mass is 32.2. The maximum atomic E-state index is 11.8. The quantitative estimate of drug-likeness (QED) is 0.816. The molecule has 0 spiro atoms. The van der Waals surface area contributed by atoms with E-state index >= 15 is 0 Å². The molecule has 0 radical (unpaired) electrons. The van der Waals surface area contributed by atoms with Gasteiger partial charge in [-0.05, 0) is 47.6 Å². The van der Waals surface area contributed by atoms with Gasteiger partial charge in [-0.25, -0.2) is 13.6 Å². The van der Waals surface area contributed by atoms with Crippen molar-refractivity contribution < 1.29 is 8.42 Å². The van der Waals surface area contributed by atoms with Crippen molar-refractivity contribution in [2.24, 2.45) is 28.3 Å². The van der Waals surface area contributed by atoms with Crippen molar-refractivity contribution >= 4 is 10.0 Å². The van der Waals surface area contributed by atoms with Gasteiger partial charge in [0.15, 0.2) is 0 Å². The summed E-state index contributed by atoms with van der Waals surface area (Å²) in [6.45, 7) is 13.6. The summed E-state index contributed by atoms with van der Waals surface area (Å²) in [6.07, 6.45) is 1.70. The van der Waals surface area contributed by atoms with E-state index in [-0.39, 0.29) is 10.3 Å². The number of hydrogen-bond acceptors (Lipinski definition) is 2. The number of hydrogen-bond donors (Lipinski definition) is 1. The molecule has 0 aliphatic carbocycles. The fourth-order valence-electron chi connectivity index (χ4n) is 4.21. The Morgan fingerprint density at radius 2 is 1.41 bits per heavy atom. The van der Waals surface area contributed by atoms with Crippen LogP contribution in [0.1, 0.15) is 53.5 Å². The van der Waals surface area contributed by atoms with Crippen LogP contribution >= 0.6 is 0 Å². The molecule has 1 rings (SSSR count). The second kappa shape index (κ2) is 7.14. The standard InChI is InChI=1S/C18H31NO2S/c1-13(2)18(14(3)4,15(5)6)12-11-16-9-7-8-10-17(16)22(19,20)21/h7-10,13-15H,11-12H2,1-6H3,(H2,19,20,21). The van der Waals surface area contributed by atoms with Crippen LogP contribution in [-0.4, -0.2) is 8.42 Å². The number of aryl methyl sites for hydroxylation is 1. The highest BCUT2D eigenvalue weighted by Gasteiger charge is 2.39. The molecule has 0 atom stereocenters. The van der Waals surface area contributed by atoms with Gasteiger partial charge in [0.25, 0.3) is 0 Å². The molecule has 0 bridgehead atoms. The van der Waals surface area contributed by atoms with Crippen LogP contribution in [0.15, 0.2) is 29.2 Å². The van der Waals surface area contributed by atoms with Gasteiger partial charge in [-0.15, -0.1) is 0 Å². The van der Waals surface area contributed by atoms with Crippen molar-refractivity contribution in [2.75, 3.05) is 0 Å². The van der Waals surface area contributed by atoms with Crippen LogP contribution in [0, 0.1) is 23.2 Å². The molecule has 1 aromatic rings. The predicted molar refractivity (Wildman–Crippen MR) is 93.1 cm³/mol. The zero-order chi connectivity index (χ0) is 17.1. The Hall–Kier alpha value is -0.870. The normalized spacial score (nSPS) is 13.4. The van der Waals surface area contributed by atoms with E-state index in [1.807, 2.05) is 12.1 Å². The van der Waals surface area contributed by atoms with E-state index in [0.717, 1.165) is 18.4 Å². The number of sulfonamides is 1. The Bertz CT molecular complexity index is 567. The van der Waals surface area contributed by atoms with E-state index in [0.29, 0.717) is 17.8 Å². The van der Waals surface area contributed by atoms with E-state index in [1.165, 1.54) is 0 Å². The summed E-state index contributed by atoms with van der Waals surface area (Å²) in [5.74, 6) is 1.61. The van der Waals surface area contributed by atoms with Gasteiger partial charge < -0.3 is 0 Å². The lowest BCUT2D eigenvalue weighted by molar-refractivity contribution is 0.0389. The second-order valence-corrected chi connectivity index (χ2v) is 8.76. The number of primary sulfonamides is 1. The lowest BCUT2D eigenvalue weighted by Gasteiger charge is -2.45. The van der Waals surface area contributed by atoms with Crippen molar-refractivity contribution in [3.63, 3.8) is 0 Å². The number of nitrogens with two attached hydrogens (primary N) is 1. The van der Waals surface area contributed by atoms with E-state index < -0.39 is 10.0 Å². The summed E-state index contributed by atoms with van der Waals surface area (Å²) < 4.78 is 23.5. The van der Waals surface area contributed by atoms with Gasteiger partial charge in [-0.2, -0.15) is 0 Å². The molecule has 1 aromatic carbocycles. The van der Waals surface area contributed by atoms with Crippen LogP contribution in [0.25, 0.3) is 0 Å². The molecule has 0 unspecified atom stereocenters. The second-order valence-electron chi connectivity index (χ2n) is 7.23. The maximum absolute atomic E-state index is 11.8. The van der Waals surface area contributed by atoms with Crippen molar-refractivity contribution in [1.29, 1.82) is 0 Å². The van der Waals surface area contributed by atoms with E-state index in [9.17, 15) is 8.42 Å². The third kappa shape index (κ3) is 3.90. The SMILES string of the molecule is CC(C)C(CCc1ccccc1S(N)(=O)=O)(C(C)C)C(C)C. The molecule has 0 aliphatic heterocycles. The highest BCUT2D eigenvalue weighted by molar-refractivity contribution is 7.89. The molecule has 126 valence electrons. The molecule has 22 heavy (non-hydrogen) atoms. The van der Waals surface area contributed by atoms with E-state index in [4.69, 9.17) is 5.14 Å². The largest absolute Gasteiger partial charge is 0.238 e. The van der Waals surface area contributed by atoms with E-state index in [2.05, 4.69) is 41.5 Å². The average molecular weight is 326 g/mol. The first-order chi connectivity index (χ1) is 10.0. The summed E-state index contributed by atoms with van der Waals surface area (Å²) in [6, 6.07) is 7.09. The van der Waals surface area contributed by atoms with Crippen molar-refractivity contribution in [3.8, 4) is 0 Å². The van der Waals surface area contributed by atoms with Gasteiger partial charge in [0.1, 0.15) is 0 Å². The zero-order valence-electron chi connectivity index (χ0n) is 14.8. The molecule has 0 saturated carbocycles. The molecule has 4 heteroatoms. The topological polar surface area (TPSA) is 60.2 Å². The maximum Gasteiger partial charge on any atom is 0.238 e. The van der Waals surface area contributed by atoms with Gasteiger partial charge in [0, 0.05) is 0 Å². The minimum atomic E-state index is -3.66. The molecule has 0 amide bonds. The summed E-state index contributed by atoms with van der Waals surface area (Å²) in [5, 5.41) is 5.35. The Balaban J connectivity index is 3.16. The first kappa shape index (κ1) is 19.2. The third-order valence-corrected chi connectivity index (χ3v) is 6.34. The van der Waals surface area contributed by atoms with Gasteiger partial charge in [-0.3, -0.25) is 0 Å². The lowest BCUT2D eigenvalue weighted by Crippen LogP contribution is -2.39. The Kier molecular flexibility index (Phi) is 6.22. The van der Waals surface area contributed by atoms with Gasteiger partial charge in [0.05, 0.1) is 4.90 Å². The molecule has 0 heterocycles. The predicted octanol–water partition coefficient (Wildman–Crippen LogP) is 4.22. The number of benzene rings is 1. The molecular weight excluding hydrogens is 294 g/mol. The van der Waals surface area contributed by atoms with Crippen LogP contribution in [-0.2, 0) is 16.4 Å². The van der Waals surface area contributed by atoms with Gasteiger partial charge >= 0.3 is 0 Å². The monoisotopic (exact) mass is 325 g/mol. The average Bonchev–Trinajstić information content (AvgIpc) is 2.37. The summed E-state index contributed by atoms with van der Waals surface area (Å²) in [5.41, 5.74) is 1.02. The zero-order valence-corrected chi connectivity index (χ0v) is 15.6. The Morgan fingerprint density at radius 1 is 0.955 bits per heavy atom. The summed E-state index contributed by atoms with van der Waals surface area (Å²) in [4.78, 5) is 0.264. The van der Waals surface area contributed by atoms with E-state index in [1.54, 1.807) is 12.1 Å². The molecule has 3 nitrogen and oxygen atoms in total. The molecular formula is C18H31NO2S. The summed E-state index contributed by atoms with van der Waals surface area (Å²) in [7, 11) is -3.66. The minimum absolute atomic E-state index is 0.186. The molecule has 0 saturated heterocycles. The highest BCUT2D eigenvalue weighted by Crippen LogP contribution is 2.46. The third-order valence-electron chi connectivity index (χ3n) is 5.33. The van der Waals surface area contributed by atoms with Crippen LogP contribution < -0.4 is 5.14 Å². The first-order valence-corrected chi connectivity index (χ1v) is 9.68. The minimum Gasteiger partial charge on any atom is -0.225 e. The van der Waals surface area contributed by atoms with Crippen LogP contribution in [0.2, 0.25) is 0 Å². The number of rotatable bonds is 7. The Labute approximate surface area is 136 Å². The molecule has 2 N–H and O–H groups in total. The lowest BCUT2D eigenvalue weighted by atomic mass is 9.59. The van der Waals surface area contributed by atoms with Crippen molar-refractivity contribution in [1.82, 2.24) is 0 Å². The fraction of sp³-hybridized carbons (Fsp3) is 0.667. The molecule has 0 aromatic heterocycles. The van der Waals surface area contributed by atoms with Crippen LogP contribution in [0.3, 0.4) is 0 Å². The fourth-order valence-corrected chi connectivity index (χ4v) is 5.01. The molecule has 0 aliphatic rings. The van der Waals surface area contributed by atoms with Gasteiger partial charge in [0.2, 0.25) is 10.0 Å². The summed E-state index contributed by atoms with van der Waals surface area (Å²) >= 11 is 0. The smallest absolute Gasteiger partial charge is 0.225 e. The van der Waals surface area contributed by atoms with Crippen LogP contribution in [0.5, 0.6) is 0 Å². The van der Waals surface area contributed by atoms with Crippen LogP contribution in [0.4, 0.5) is 0 Å². The van der Waals surface area contributed by atoms with Crippen molar-refractivity contribution in [3.05, 3.63) is 29.8 Å². The van der Waals surface area contributed by atoms with Crippen molar-refractivity contribution in [2.45, 2.75) is 59.3 Å². The first-order valence-electron chi connectivity index (χ1n) is 8.14. The Morgan fingerprint density at radius 3 is 1.82 bits per heavy atom. The van der Waals surface area contributed by atoms with Gasteiger partial charge in [-0.1, -0.05) is 59.7 Å².